The van der Waals surface area contributed by atoms with Gasteiger partial charge in [0.2, 0.25) is 0 Å². The summed E-state index contributed by atoms with van der Waals surface area (Å²) in [6.07, 6.45) is 3.98. The molecule has 0 aromatic rings. The number of hydrogen-bond acceptors (Lipinski definition) is 5. The Morgan fingerprint density at radius 1 is 1.22 bits per heavy atom. The summed E-state index contributed by atoms with van der Waals surface area (Å²) < 4.78 is 16.8. The minimum atomic E-state index is -0.451. The molecule has 1 saturated carbocycles. The van der Waals surface area contributed by atoms with Crippen molar-refractivity contribution in [3.8, 4) is 0 Å². The summed E-state index contributed by atoms with van der Waals surface area (Å²) in [6.45, 7) is 10.3. The minimum Gasteiger partial charge on any atom is -0.464 e. The lowest BCUT2D eigenvalue weighted by Gasteiger charge is -2.44. The second-order valence-corrected chi connectivity index (χ2v) is 8.09. The molecular weight excluding hydrogens is 296 g/mol. The van der Waals surface area contributed by atoms with E-state index in [1.807, 2.05) is 34.6 Å². The number of cyclic esters (lactones) is 1. The lowest BCUT2D eigenvalue weighted by atomic mass is 9.77. The van der Waals surface area contributed by atoms with Gasteiger partial charge in [0.1, 0.15) is 5.60 Å². The topological polar surface area (TPSA) is 61.8 Å². The van der Waals surface area contributed by atoms with Gasteiger partial charge in [-0.2, -0.15) is 0 Å². The molecule has 1 saturated heterocycles. The van der Waals surface area contributed by atoms with Crippen LogP contribution >= 0.6 is 0 Å². The van der Waals surface area contributed by atoms with Crippen LogP contribution in [0.25, 0.3) is 0 Å². The quantitative estimate of drug-likeness (QED) is 0.725. The highest BCUT2D eigenvalue weighted by Crippen LogP contribution is 2.41. The van der Waals surface area contributed by atoms with E-state index in [9.17, 15) is 9.59 Å². The SMILES string of the molecule is CCC(C)(C)C(=O)OC1(C)CCC(C)(OC2CCOC2=O)CC1. The Bertz CT molecular complexity index is 460. The summed E-state index contributed by atoms with van der Waals surface area (Å²) in [5.41, 5.74) is -1.24. The molecule has 2 aliphatic rings. The van der Waals surface area contributed by atoms with E-state index in [-0.39, 0.29) is 17.5 Å². The summed E-state index contributed by atoms with van der Waals surface area (Å²) >= 11 is 0. The van der Waals surface area contributed by atoms with Crippen molar-refractivity contribution in [3.05, 3.63) is 0 Å². The van der Waals surface area contributed by atoms with Crippen molar-refractivity contribution in [1.82, 2.24) is 0 Å². The summed E-state index contributed by atoms with van der Waals surface area (Å²) in [4.78, 5) is 23.9. The molecule has 1 aliphatic carbocycles. The maximum atomic E-state index is 12.3. The molecule has 1 unspecified atom stereocenters. The van der Waals surface area contributed by atoms with Crippen molar-refractivity contribution in [2.45, 2.75) is 90.4 Å². The van der Waals surface area contributed by atoms with Crippen LogP contribution in [-0.4, -0.2) is 35.9 Å². The molecule has 0 spiro atoms. The Morgan fingerprint density at radius 3 is 2.26 bits per heavy atom. The highest BCUT2D eigenvalue weighted by atomic mass is 16.6. The van der Waals surface area contributed by atoms with E-state index in [2.05, 4.69) is 0 Å². The largest absolute Gasteiger partial charge is 0.464 e. The van der Waals surface area contributed by atoms with Crippen LogP contribution in [0.1, 0.15) is 73.1 Å². The molecule has 132 valence electrons. The van der Waals surface area contributed by atoms with Crippen LogP contribution in [-0.2, 0) is 23.8 Å². The molecule has 2 rings (SSSR count). The van der Waals surface area contributed by atoms with Gasteiger partial charge in [-0.3, -0.25) is 4.79 Å². The first kappa shape index (κ1) is 18.2. The predicted molar refractivity (Wildman–Crippen MR) is 85.9 cm³/mol. The highest BCUT2D eigenvalue weighted by molar-refractivity contribution is 5.76. The van der Waals surface area contributed by atoms with Crippen LogP contribution in [0.3, 0.4) is 0 Å². The van der Waals surface area contributed by atoms with E-state index < -0.39 is 17.1 Å². The van der Waals surface area contributed by atoms with Gasteiger partial charge < -0.3 is 14.2 Å². The van der Waals surface area contributed by atoms with Gasteiger partial charge >= 0.3 is 11.9 Å². The molecule has 0 bridgehead atoms. The maximum absolute atomic E-state index is 12.3. The Morgan fingerprint density at radius 2 is 1.78 bits per heavy atom. The van der Waals surface area contributed by atoms with E-state index in [1.54, 1.807) is 0 Å². The standard InChI is InChI=1S/C18H30O5/c1-6-16(2,3)15(20)23-18(5)10-8-17(4,9-11-18)22-13-7-12-21-14(13)19/h13H,6-12H2,1-5H3. The molecule has 1 heterocycles. The van der Waals surface area contributed by atoms with Gasteiger partial charge in [-0.15, -0.1) is 0 Å². The highest BCUT2D eigenvalue weighted by Gasteiger charge is 2.44. The molecule has 23 heavy (non-hydrogen) atoms. The van der Waals surface area contributed by atoms with Gasteiger partial charge in [0.05, 0.1) is 17.6 Å². The molecule has 0 amide bonds. The fourth-order valence-electron chi connectivity index (χ4n) is 2.96. The van der Waals surface area contributed by atoms with Gasteiger partial charge in [-0.1, -0.05) is 6.92 Å². The van der Waals surface area contributed by atoms with Crippen molar-refractivity contribution >= 4 is 11.9 Å². The first-order chi connectivity index (χ1) is 10.6. The summed E-state index contributed by atoms with van der Waals surface area (Å²) in [7, 11) is 0. The lowest BCUT2D eigenvalue weighted by molar-refractivity contribution is -0.184. The van der Waals surface area contributed by atoms with E-state index in [0.29, 0.717) is 13.0 Å². The van der Waals surface area contributed by atoms with Gasteiger partial charge in [-0.05, 0) is 59.8 Å². The monoisotopic (exact) mass is 326 g/mol. The third kappa shape index (κ3) is 4.25. The Kier molecular flexibility index (Phi) is 5.09. The minimum absolute atomic E-state index is 0.133. The predicted octanol–water partition coefficient (Wildman–Crippen LogP) is 3.39. The van der Waals surface area contributed by atoms with E-state index >= 15 is 0 Å². The van der Waals surface area contributed by atoms with Crippen LogP contribution < -0.4 is 0 Å². The maximum Gasteiger partial charge on any atom is 0.335 e. The van der Waals surface area contributed by atoms with Crippen LogP contribution in [0, 0.1) is 5.41 Å². The van der Waals surface area contributed by atoms with Gasteiger partial charge in [0.25, 0.3) is 0 Å². The Balaban J connectivity index is 1.91. The first-order valence-corrected chi connectivity index (χ1v) is 8.67. The van der Waals surface area contributed by atoms with Crippen molar-refractivity contribution in [1.29, 1.82) is 0 Å². The van der Waals surface area contributed by atoms with Crippen molar-refractivity contribution < 1.29 is 23.8 Å². The summed E-state index contributed by atoms with van der Waals surface area (Å²) in [5.74, 6) is -0.387. The molecule has 2 fully saturated rings. The fraction of sp³-hybridized carbons (Fsp3) is 0.889. The van der Waals surface area contributed by atoms with Gasteiger partial charge in [-0.25, -0.2) is 4.79 Å². The fourth-order valence-corrected chi connectivity index (χ4v) is 2.96. The van der Waals surface area contributed by atoms with Crippen LogP contribution in [0.4, 0.5) is 0 Å². The number of carbonyl (C=O) groups excluding carboxylic acids is 2. The van der Waals surface area contributed by atoms with Crippen LogP contribution in [0.15, 0.2) is 0 Å². The second kappa shape index (κ2) is 6.42. The van der Waals surface area contributed by atoms with Crippen molar-refractivity contribution in [2.75, 3.05) is 6.61 Å². The molecule has 1 aliphatic heterocycles. The molecule has 0 aromatic carbocycles. The zero-order chi connectivity index (χ0) is 17.3. The third-order valence-electron chi connectivity index (χ3n) is 5.45. The Hall–Kier alpha value is -1.10. The second-order valence-electron chi connectivity index (χ2n) is 8.09. The molecule has 5 heteroatoms. The summed E-state index contributed by atoms with van der Waals surface area (Å²) in [5, 5.41) is 0. The van der Waals surface area contributed by atoms with E-state index in [0.717, 1.165) is 32.1 Å². The van der Waals surface area contributed by atoms with E-state index in [1.165, 1.54) is 0 Å². The number of carbonyl (C=O) groups is 2. The van der Waals surface area contributed by atoms with Crippen molar-refractivity contribution in [3.63, 3.8) is 0 Å². The smallest absolute Gasteiger partial charge is 0.335 e. The first-order valence-electron chi connectivity index (χ1n) is 8.67. The van der Waals surface area contributed by atoms with Crippen molar-refractivity contribution in [2.24, 2.45) is 5.41 Å². The van der Waals surface area contributed by atoms with Gasteiger partial charge in [0.15, 0.2) is 6.10 Å². The lowest BCUT2D eigenvalue weighted by Crippen LogP contribution is -2.47. The molecule has 0 N–H and O–H groups in total. The molecule has 0 radical (unpaired) electrons. The zero-order valence-corrected chi connectivity index (χ0v) is 15.1. The molecule has 0 aromatic heterocycles. The molecule has 1 atom stereocenters. The molecular formula is C18H30O5. The number of hydrogen-bond donors (Lipinski definition) is 0. The number of esters is 2. The number of ether oxygens (including phenoxy) is 3. The number of rotatable bonds is 5. The summed E-state index contributed by atoms with van der Waals surface area (Å²) in [6, 6.07) is 0. The van der Waals surface area contributed by atoms with Crippen LogP contribution in [0.5, 0.6) is 0 Å². The van der Waals surface area contributed by atoms with Gasteiger partial charge in [0, 0.05) is 6.42 Å². The molecule has 5 nitrogen and oxygen atoms in total. The average Bonchev–Trinajstić information content (AvgIpc) is 2.88. The Labute approximate surface area is 139 Å². The van der Waals surface area contributed by atoms with E-state index in [4.69, 9.17) is 14.2 Å². The third-order valence-corrected chi connectivity index (χ3v) is 5.45. The normalized spacial score (nSPS) is 35.0. The zero-order valence-electron chi connectivity index (χ0n) is 15.1. The average molecular weight is 326 g/mol. The van der Waals surface area contributed by atoms with Crippen LogP contribution in [0.2, 0.25) is 0 Å².